The first-order valence-corrected chi connectivity index (χ1v) is 10.3. The predicted octanol–water partition coefficient (Wildman–Crippen LogP) is 3.53. The van der Waals surface area contributed by atoms with E-state index in [0.29, 0.717) is 23.0 Å². The number of hydrogen-bond donors (Lipinski definition) is 1. The maximum Gasteiger partial charge on any atom is 0.232 e. The van der Waals surface area contributed by atoms with Crippen LogP contribution in [-0.4, -0.2) is 33.7 Å². The molecule has 0 fully saturated rings. The number of rotatable bonds is 8. The summed E-state index contributed by atoms with van der Waals surface area (Å²) in [7, 11) is -3.54. The van der Waals surface area contributed by atoms with Crippen molar-refractivity contribution in [2.24, 2.45) is 0 Å². The minimum Gasteiger partial charge on any atom is -0.494 e. The van der Waals surface area contributed by atoms with Crippen LogP contribution in [0.15, 0.2) is 48.5 Å². The van der Waals surface area contributed by atoms with E-state index in [4.69, 9.17) is 16.3 Å². The monoisotopic (exact) mass is 396 g/mol. The summed E-state index contributed by atoms with van der Waals surface area (Å²) in [5.41, 5.74) is 1.04. The number of anilines is 2. The van der Waals surface area contributed by atoms with Gasteiger partial charge < -0.3 is 10.1 Å². The lowest BCUT2D eigenvalue weighted by Crippen LogP contribution is -2.33. The van der Waals surface area contributed by atoms with Gasteiger partial charge in [0.1, 0.15) is 5.75 Å². The molecule has 2 aromatic carbocycles. The van der Waals surface area contributed by atoms with Crippen LogP contribution in [0.25, 0.3) is 0 Å². The first-order chi connectivity index (χ1) is 12.3. The fraction of sp³-hybridized carbons (Fsp3) is 0.278. The van der Waals surface area contributed by atoms with E-state index in [2.05, 4.69) is 5.32 Å². The van der Waals surface area contributed by atoms with Crippen molar-refractivity contribution in [3.05, 3.63) is 53.6 Å². The number of benzene rings is 2. The molecular weight excluding hydrogens is 376 g/mol. The van der Waals surface area contributed by atoms with E-state index in [0.717, 1.165) is 16.3 Å². The first kappa shape index (κ1) is 20.1. The van der Waals surface area contributed by atoms with Gasteiger partial charge in [-0.05, 0) is 49.4 Å². The normalized spacial score (nSPS) is 11.0. The Bertz CT molecular complexity index is 854. The van der Waals surface area contributed by atoms with E-state index in [1.54, 1.807) is 48.5 Å². The molecule has 8 heteroatoms. The van der Waals surface area contributed by atoms with E-state index in [-0.39, 0.29) is 18.9 Å². The maximum atomic E-state index is 12.2. The summed E-state index contributed by atoms with van der Waals surface area (Å²) in [5, 5.41) is 3.16. The van der Waals surface area contributed by atoms with Crippen LogP contribution in [-0.2, 0) is 14.8 Å². The zero-order chi connectivity index (χ0) is 19.2. The van der Waals surface area contributed by atoms with Gasteiger partial charge in [0.05, 0.1) is 18.6 Å². The van der Waals surface area contributed by atoms with Crippen LogP contribution in [0.2, 0.25) is 5.02 Å². The lowest BCUT2D eigenvalue weighted by Gasteiger charge is -2.22. The average Bonchev–Trinajstić information content (AvgIpc) is 2.56. The van der Waals surface area contributed by atoms with Gasteiger partial charge in [0.2, 0.25) is 15.9 Å². The Morgan fingerprint density at radius 3 is 2.46 bits per heavy atom. The molecule has 0 saturated carbocycles. The van der Waals surface area contributed by atoms with Gasteiger partial charge in [0, 0.05) is 23.7 Å². The minimum absolute atomic E-state index is 0.00674. The molecule has 0 radical (unpaired) electrons. The molecule has 0 aliphatic rings. The van der Waals surface area contributed by atoms with Gasteiger partial charge in [0.25, 0.3) is 0 Å². The van der Waals surface area contributed by atoms with Gasteiger partial charge in [-0.3, -0.25) is 9.10 Å². The summed E-state index contributed by atoms with van der Waals surface area (Å²) in [6, 6.07) is 13.5. The fourth-order valence-corrected chi connectivity index (χ4v) is 3.45. The van der Waals surface area contributed by atoms with Gasteiger partial charge in [-0.25, -0.2) is 8.42 Å². The molecule has 26 heavy (non-hydrogen) atoms. The second-order valence-corrected chi connectivity index (χ2v) is 7.91. The summed E-state index contributed by atoms with van der Waals surface area (Å²) >= 11 is 5.93. The third kappa shape index (κ3) is 5.93. The maximum absolute atomic E-state index is 12.2. The lowest BCUT2D eigenvalue weighted by atomic mass is 10.2. The van der Waals surface area contributed by atoms with Crippen LogP contribution < -0.4 is 14.4 Å². The van der Waals surface area contributed by atoms with Crippen LogP contribution in [0.4, 0.5) is 11.4 Å². The molecule has 0 unspecified atom stereocenters. The molecule has 2 aromatic rings. The van der Waals surface area contributed by atoms with Crippen molar-refractivity contribution < 1.29 is 17.9 Å². The number of carbonyl (C=O) groups excluding carboxylic acids is 1. The van der Waals surface area contributed by atoms with E-state index in [1.165, 1.54) is 0 Å². The first-order valence-electron chi connectivity index (χ1n) is 8.05. The number of carbonyl (C=O) groups is 1. The van der Waals surface area contributed by atoms with Gasteiger partial charge in [-0.1, -0.05) is 17.7 Å². The number of sulfonamides is 1. The molecule has 0 atom stereocenters. The van der Waals surface area contributed by atoms with Crippen LogP contribution in [0, 0.1) is 0 Å². The number of nitrogens with zero attached hydrogens (tertiary/aromatic N) is 1. The Kier molecular flexibility index (Phi) is 6.88. The van der Waals surface area contributed by atoms with Gasteiger partial charge in [0.15, 0.2) is 0 Å². The molecular formula is C18H21ClN2O4S. The minimum atomic E-state index is -3.54. The Hall–Kier alpha value is -2.25. The molecule has 140 valence electrons. The van der Waals surface area contributed by atoms with E-state index < -0.39 is 10.0 Å². The summed E-state index contributed by atoms with van der Waals surface area (Å²) in [6.45, 7) is 2.47. The molecule has 1 amide bonds. The molecule has 2 rings (SSSR count). The lowest BCUT2D eigenvalue weighted by molar-refractivity contribution is -0.116. The molecule has 0 aliphatic heterocycles. The van der Waals surface area contributed by atoms with Gasteiger partial charge in [-0.15, -0.1) is 0 Å². The number of halogens is 1. The highest BCUT2D eigenvalue weighted by Gasteiger charge is 2.19. The molecule has 0 bridgehead atoms. The van der Waals surface area contributed by atoms with Crippen molar-refractivity contribution >= 4 is 38.9 Å². The van der Waals surface area contributed by atoms with Crippen molar-refractivity contribution in [2.75, 3.05) is 29.0 Å². The van der Waals surface area contributed by atoms with E-state index in [9.17, 15) is 13.2 Å². The number of amides is 1. The molecule has 6 nitrogen and oxygen atoms in total. The third-order valence-corrected chi connectivity index (χ3v) is 4.92. The highest BCUT2D eigenvalue weighted by atomic mass is 35.5. The Morgan fingerprint density at radius 1 is 1.19 bits per heavy atom. The fourth-order valence-electron chi connectivity index (χ4n) is 2.35. The highest BCUT2D eigenvalue weighted by Crippen LogP contribution is 2.22. The predicted molar refractivity (Wildman–Crippen MR) is 104 cm³/mol. The zero-order valence-corrected chi connectivity index (χ0v) is 16.2. The summed E-state index contributed by atoms with van der Waals surface area (Å²) in [5.74, 6) is 0.430. The Labute approximate surface area is 158 Å². The quantitative estimate of drug-likeness (QED) is 0.740. The number of nitrogens with one attached hydrogen (secondary N) is 1. The standard InChI is InChI=1S/C18H21ClN2O4S/c1-3-25-17-9-7-15(8-10-17)20-18(22)11-12-21(26(2,23)24)16-6-4-5-14(19)13-16/h4-10,13H,3,11-12H2,1-2H3,(H,20,22). The van der Waals surface area contributed by atoms with Gasteiger partial charge in [-0.2, -0.15) is 0 Å². The topological polar surface area (TPSA) is 75.7 Å². The number of ether oxygens (including phenoxy) is 1. The van der Waals surface area contributed by atoms with Crippen molar-refractivity contribution in [2.45, 2.75) is 13.3 Å². The van der Waals surface area contributed by atoms with Crippen LogP contribution in [0.1, 0.15) is 13.3 Å². The molecule has 0 aromatic heterocycles. The van der Waals surface area contributed by atoms with Crippen LogP contribution in [0.3, 0.4) is 0 Å². The Morgan fingerprint density at radius 2 is 1.88 bits per heavy atom. The third-order valence-electron chi connectivity index (χ3n) is 3.49. The molecule has 0 saturated heterocycles. The average molecular weight is 397 g/mol. The molecule has 0 spiro atoms. The molecule has 1 N–H and O–H groups in total. The SMILES string of the molecule is CCOc1ccc(NC(=O)CCN(c2cccc(Cl)c2)S(C)(=O)=O)cc1. The van der Waals surface area contributed by atoms with Crippen molar-refractivity contribution in [3.8, 4) is 5.75 Å². The van der Waals surface area contributed by atoms with Gasteiger partial charge >= 0.3 is 0 Å². The molecule has 0 aliphatic carbocycles. The summed E-state index contributed by atoms with van der Waals surface area (Å²) in [6.07, 6.45) is 1.10. The van der Waals surface area contributed by atoms with E-state index >= 15 is 0 Å². The Balaban J connectivity index is 2.01. The summed E-state index contributed by atoms with van der Waals surface area (Å²) < 4.78 is 30.6. The van der Waals surface area contributed by atoms with E-state index in [1.807, 2.05) is 6.92 Å². The number of hydrogen-bond acceptors (Lipinski definition) is 4. The zero-order valence-electron chi connectivity index (χ0n) is 14.6. The second-order valence-electron chi connectivity index (χ2n) is 5.57. The van der Waals surface area contributed by atoms with Crippen molar-refractivity contribution in [3.63, 3.8) is 0 Å². The molecule has 0 heterocycles. The smallest absolute Gasteiger partial charge is 0.232 e. The van der Waals surface area contributed by atoms with Crippen LogP contribution >= 0.6 is 11.6 Å². The van der Waals surface area contributed by atoms with Crippen LogP contribution in [0.5, 0.6) is 5.75 Å². The highest BCUT2D eigenvalue weighted by molar-refractivity contribution is 7.92. The van der Waals surface area contributed by atoms with Crippen molar-refractivity contribution in [1.29, 1.82) is 0 Å². The van der Waals surface area contributed by atoms with Crippen molar-refractivity contribution in [1.82, 2.24) is 0 Å². The second kappa shape index (κ2) is 8.91. The summed E-state index contributed by atoms with van der Waals surface area (Å²) in [4.78, 5) is 12.2. The largest absolute Gasteiger partial charge is 0.494 e.